The minimum atomic E-state index is -3.61. The van der Waals surface area contributed by atoms with Gasteiger partial charge in [-0.1, -0.05) is 30.3 Å². The molecule has 0 aromatic heterocycles. The molecule has 0 bridgehead atoms. The minimum Gasteiger partial charge on any atom is -0.495 e. The fraction of sp³-hybridized carbons (Fsp3) is 0.250. The number of rotatable bonds is 5. The molecule has 124 valence electrons. The Morgan fingerprint density at radius 2 is 1.87 bits per heavy atom. The smallest absolute Gasteiger partial charge is 0.244 e. The van der Waals surface area contributed by atoms with E-state index in [1.807, 2.05) is 18.2 Å². The summed E-state index contributed by atoms with van der Waals surface area (Å²) in [6.07, 6.45) is 0. The van der Waals surface area contributed by atoms with E-state index in [9.17, 15) is 8.42 Å². The van der Waals surface area contributed by atoms with Crippen LogP contribution in [0.3, 0.4) is 0 Å². The van der Waals surface area contributed by atoms with Crippen molar-refractivity contribution in [2.75, 3.05) is 7.11 Å². The summed E-state index contributed by atoms with van der Waals surface area (Å²) < 4.78 is 32.6. The Kier molecular flexibility index (Phi) is 5.64. The maximum absolute atomic E-state index is 12.4. The summed E-state index contributed by atoms with van der Waals surface area (Å²) in [5.74, 6) is 0.341. The van der Waals surface area contributed by atoms with E-state index in [-0.39, 0.29) is 23.8 Å². The minimum absolute atomic E-state index is 0. The second kappa shape index (κ2) is 7.31. The van der Waals surface area contributed by atoms with Crippen molar-refractivity contribution in [3.8, 4) is 5.75 Å². The van der Waals surface area contributed by atoms with E-state index in [2.05, 4.69) is 10.0 Å². The fourth-order valence-corrected chi connectivity index (χ4v) is 3.74. The average molecular weight is 355 g/mol. The Bertz CT molecular complexity index is 794. The summed E-state index contributed by atoms with van der Waals surface area (Å²) in [5, 5.41) is 3.27. The van der Waals surface area contributed by atoms with Crippen LogP contribution in [0.5, 0.6) is 5.75 Å². The normalized spacial score (nSPS) is 13.3. The van der Waals surface area contributed by atoms with Gasteiger partial charge in [0, 0.05) is 19.6 Å². The Morgan fingerprint density at radius 3 is 2.65 bits per heavy atom. The number of benzene rings is 2. The molecule has 5 nitrogen and oxygen atoms in total. The van der Waals surface area contributed by atoms with E-state index in [0.29, 0.717) is 5.75 Å². The molecule has 0 radical (unpaired) electrons. The molecule has 0 fully saturated rings. The summed E-state index contributed by atoms with van der Waals surface area (Å²) in [5.41, 5.74) is 3.45. The highest BCUT2D eigenvalue weighted by Crippen LogP contribution is 2.23. The quantitative estimate of drug-likeness (QED) is 0.863. The Hall–Kier alpha value is -1.60. The number of ether oxygens (including phenoxy) is 1. The molecule has 2 aromatic carbocycles. The van der Waals surface area contributed by atoms with Gasteiger partial charge in [0.1, 0.15) is 10.6 Å². The molecule has 0 unspecified atom stereocenters. The molecule has 0 atom stereocenters. The van der Waals surface area contributed by atoms with Gasteiger partial charge in [-0.3, -0.25) is 0 Å². The molecule has 0 spiro atoms. The van der Waals surface area contributed by atoms with Crippen molar-refractivity contribution >= 4 is 22.4 Å². The molecule has 0 saturated heterocycles. The number of hydrogen-bond acceptors (Lipinski definition) is 4. The predicted molar refractivity (Wildman–Crippen MR) is 91.3 cm³/mol. The molecular formula is C16H19ClN2O3S. The molecule has 3 rings (SSSR count). The number of hydrogen-bond donors (Lipinski definition) is 2. The highest BCUT2D eigenvalue weighted by atomic mass is 35.5. The van der Waals surface area contributed by atoms with Gasteiger partial charge in [0.2, 0.25) is 10.0 Å². The molecule has 23 heavy (non-hydrogen) atoms. The summed E-state index contributed by atoms with van der Waals surface area (Å²) in [4.78, 5) is 0.153. The zero-order chi connectivity index (χ0) is 15.6. The van der Waals surface area contributed by atoms with Crippen molar-refractivity contribution in [1.82, 2.24) is 10.0 Å². The van der Waals surface area contributed by atoms with Crippen LogP contribution in [0.15, 0.2) is 47.4 Å². The molecule has 7 heteroatoms. The van der Waals surface area contributed by atoms with Crippen molar-refractivity contribution in [3.63, 3.8) is 0 Å². The lowest BCUT2D eigenvalue weighted by Gasteiger charge is -2.11. The molecule has 2 N–H and O–H groups in total. The van der Waals surface area contributed by atoms with Crippen molar-refractivity contribution in [1.29, 1.82) is 0 Å². The van der Waals surface area contributed by atoms with Crippen LogP contribution in [-0.4, -0.2) is 15.5 Å². The van der Waals surface area contributed by atoms with E-state index >= 15 is 0 Å². The van der Waals surface area contributed by atoms with Crippen molar-refractivity contribution in [2.24, 2.45) is 0 Å². The van der Waals surface area contributed by atoms with E-state index in [1.54, 1.807) is 18.2 Å². The van der Waals surface area contributed by atoms with E-state index in [0.717, 1.165) is 18.7 Å². The zero-order valence-corrected chi connectivity index (χ0v) is 14.3. The van der Waals surface area contributed by atoms with Gasteiger partial charge in [-0.05, 0) is 28.8 Å². The molecule has 1 aliphatic heterocycles. The first-order valence-electron chi connectivity index (χ1n) is 7.04. The number of fused-ring (bicyclic) bond motifs is 1. The standard InChI is InChI=1S/C16H18N2O3S.ClH/c1-21-15-4-2-3-5-16(15)22(19,20)18-9-12-6-7-13-10-17-11-14(13)8-12;/h2-8,17-18H,9-11H2,1H3;1H. The molecule has 0 aliphatic carbocycles. The first-order chi connectivity index (χ1) is 10.6. The number of nitrogens with one attached hydrogen (secondary N) is 2. The Morgan fingerprint density at radius 1 is 1.13 bits per heavy atom. The molecule has 0 saturated carbocycles. The third-order valence-electron chi connectivity index (χ3n) is 3.73. The maximum atomic E-state index is 12.4. The largest absolute Gasteiger partial charge is 0.495 e. The summed E-state index contributed by atoms with van der Waals surface area (Å²) in [6, 6.07) is 12.6. The van der Waals surface area contributed by atoms with Crippen LogP contribution in [0, 0.1) is 0 Å². The van der Waals surface area contributed by atoms with E-state index in [4.69, 9.17) is 4.74 Å². The van der Waals surface area contributed by atoms with Crippen molar-refractivity contribution < 1.29 is 13.2 Å². The third kappa shape index (κ3) is 3.84. The van der Waals surface area contributed by atoms with E-state index in [1.165, 1.54) is 24.3 Å². The average Bonchev–Trinajstić information content (AvgIpc) is 3.00. The zero-order valence-electron chi connectivity index (χ0n) is 12.7. The predicted octanol–water partition coefficient (Wildman–Crippen LogP) is 2.20. The lowest BCUT2D eigenvalue weighted by Crippen LogP contribution is -2.23. The molecule has 1 heterocycles. The van der Waals surface area contributed by atoms with Crippen LogP contribution in [-0.2, 0) is 29.7 Å². The number of sulfonamides is 1. The second-order valence-electron chi connectivity index (χ2n) is 5.18. The van der Waals surface area contributed by atoms with Gasteiger partial charge in [-0.15, -0.1) is 12.4 Å². The van der Waals surface area contributed by atoms with Crippen LogP contribution >= 0.6 is 12.4 Å². The van der Waals surface area contributed by atoms with Crippen LogP contribution in [0.4, 0.5) is 0 Å². The lowest BCUT2D eigenvalue weighted by molar-refractivity contribution is 0.402. The Balaban J connectivity index is 0.00000192. The SMILES string of the molecule is COc1ccccc1S(=O)(=O)NCc1ccc2c(c1)CNC2.Cl. The van der Waals surface area contributed by atoms with Gasteiger partial charge in [-0.25, -0.2) is 13.1 Å². The summed E-state index contributed by atoms with van der Waals surface area (Å²) >= 11 is 0. The van der Waals surface area contributed by atoms with Crippen LogP contribution in [0.25, 0.3) is 0 Å². The van der Waals surface area contributed by atoms with Crippen molar-refractivity contribution in [2.45, 2.75) is 24.5 Å². The number of para-hydroxylation sites is 1. The lowest BCUT2D eigenvalue weighted by atomic mass is 10.1. The third-order valence-corrected chi connectivity index (χ3v) is 5.17. The Labute approximate surface area is 142 Å². The topological polar surface area (TPSA) is 67.4 Å². The van der Waals surface area contributed by atoms with Crippen LogP contribution in [0.1, 0.15) is 16.7 Å². The second-order valence-corrected chi connectivity index (χ2v) is 6.92. The summed E-state index contributed by atoms with van der Waals surface area (Å²) in [7, 11) is -2.15. The number of halogens is 1. The van der Waals surface area contributed by atoms with Gasteiger partial charge in [0.15, 0.2) is 0 Å². The van der Waals surface area contributed by atoms with E-state index < -0.39 is 10.0 Å². The molecule has 0 amide bonds. The highest BCUT2D eigenvalue weighted by Gasteiger charge is 2.19. The van der Waals surface area contributed by atoms with Gasteiger partial charge in [0.05, 0.1) is 7.11 Å². The van der Waals surface area contributed by atoms with Crippen LogP contribution in [0.2, 0.25) is 0 Å². The highest BCUT2D eigenvalue weighted by molar-refractivity contribution is 7.89. The first-order valence-corrected chi connectivity index (χ1v) is 8.52. The van der Waals surface area contributed by atoms with Gasteiger partial charge in [-0.2, -0.15) is 0 Å². The molecule has 2 aromatic rings. The molecule has 1 aliphatic rings. The maximum Gasteiger partial charge on any atom is 0.244 e. The van der Waals surface area contributed by atoms with Gasteiger partial charge >= 0.3 is 0 Å². The van der Waals surface area contributed by atoms with Crippen molar-refractivity contribution in [3.05, 3.63) is 59.2 Å². The van der Waals surface area contributed by atoms with Gasteiger partial charge < -0.3 is 10.1 Å². The molecular weight excluding hydrogens is 336 g/mol. The number of methoxy groups -OCH3 is 1. The van der Waals surface area contributed by atoms with Gasteiger partial charge in [0.25, 0.3) is 0 Å². The fourth-order valence-electron chi connectivity index (χ4n) is 2.55. The van der Waals surface area contributed by atoms with Crippen LogP contribution < -0.4 is 14.8 Å². The first kappa shape index (κ1) is 17.7. The summed E-state index contributed by atoms with van der Waals surface area (Å²) in [6.45, 7) is 1.97. The monoisotopic (exact) mass is 354 g/mol.